The van der Waals surface area contributed by atoms with Gasteiger partial charge in [-0.15, -0.1) is 0 Å². The Balaban J connectivity index is 2.18. The van der Waals surface area contributed by atoms with Crippen LogP contribution in [-0.4, -0.2) is 24.8 Å². The summed E-state index contributed by atoms with van der Waals surface area (Å²) in [7, 11) is 1.48. The normalized spacial score (nSPS) is 20.4. The molecule has 3 rings (SSSR count). The van der Waals surface area contributed by atoms with Crippen LogP contribution in [-0.2, 0) is 9.53 Å². The van der Waals surface area contributed by atoms with E-state index in [-0.39, 0.29) is 6.10 Å². The zero-order chi connectivity index (χ0) is 14.4. The van der Waals surface area contributed by atoms with Gasteiger partial charge in [0.05, 0.1) is 18.2 Å². The lowest BCUT2D eigenvalue weighted by atomic mass is 9.87. The average molecular weight is 270 g/mol. The monoisotopic (exact) mass is 270 g/mol. The van der Waals surface area contributed by atoms with Crippen molar-refractivity contribution in [2.24, 2.45) is 0 Å². The largest absolute Gasteiger partial charge is 0.496 e. The summed E-state index contributed by atoms with van der Waals surface area (Å²) in [6, 6.07) is 5.22. The molecule has 1 heterocycles. The van der Waals surface area contributed by atoms with E-state index in [1.807, 2.05) is 6.92 Å². The molecule has 1 aromatic rings. The first-order chi connectivity index (χ1) is 9.54. The summed E-state index contributed by atoms with van der Waals surface area (Å²) in [5.74, 6) is -0.130. The van der Waals surface area contributed by atoms with Crippen molar-refractivity contribution >= 4 is 17.3 Å². The molecule has 0 N–H and O–H groups in total. The van der Waals surface area contributed by atoms with E-state index in [1.165, 1.54) is 7.11 Å². The van der Waals surface area contributed by atoms with Crippen LogP contribution in [0, 0.1) is 0 Å². The van der Waals surface area contributed by atoms with Gasteiger partial charge in [-0.2, -0.15) is 0 Å². The Bertz CT molecular complexity index is 682. The van der Waals surface area contributed by atoms with E-state index in [2.05, 4.69) is 6.58 Å². The van der Waals surface area contributed by atoms with E-state index in [9.17, 15) is 9.59 Å². The summed E-state index contributed by atoms with van der Waals surface area (Å²) in [5, 5.41) is 0. The quantitative estimate of drug-likeness (QED) is 0.612. The van der Waals surface area contributed by atoms with Crippen LogP contribution in [0.5, 0.6) is 5.75 Å². The molecule has 1 aliphatic carbocycles. The standard InChI is InChI=1S/C16H14O4/c1-8(2)12-7-10-14(17)15(18)13-9(16(10)20-12)5-4-6-11(13)19-3/h4-6,12H,1,7H2,2-3H3/t12-/m0/s1. The summed E-state index contributed by atoms with van der Waals surface area (Å²) in [5.41, 5.74) is 2.21. The van der Waals surface area contributed by atoms with Gasteiger partial charge in [-0.1, -0.05) is 18.7 Å². The Hall–Kier alpha value is -2.36. The second kappa shape index (κ2) is 4.34. The van der Waals surface area contributed by atoms with E-state index in [4.69, 9.17) is 9.47 Å². The van der Waals surface area contributed by atoms with E-state index < -0.39 is 11.6 Å². The highest BCUT2D eigenvalue weighted by molar-refractivity contribution is 6.52. The summed E-state index contributed by atoms with van der Waals surface area (Å²) >= 11 is 0. The molecular formula is C16H14O4. The molecule has 0 fully saturated rings. The van der Waals surface area contributed by atoms with Crippen LogP contribution >= 0.6 is 0 Å². The maximum Gasteiger partial charge on any atom is 0.237 e. The van der Waals surface area contributed by atoms with E-state index in [0.717, 1.165) is 5.57 Å². The Labute approximate surface area is 116 Å². The predicted octanol–water partition coefficient (Wildman–Crippen LogP) is 2.54. The fourth-order valence-corrected chi connectivity index (χ4v) is 2.61. The molecule has 1 atom stereocenters. The molecule has 0 amide bonds. The molecule has 0 unspecified atom stereocenters. The van der Waals surface area contributed by atoms with Gasteiger partial charge in [0, 0.05) is 12.0 Å². The number of hydrogen-bond acceptors (Lipinski definition) is 4. The smallest absolute Gasteiger partial charge is 0.237 e. The molecule has 4 nitrogen and oxygen atoms in total. The first kappa shape index (κ1) is 12.7. The van der Waals surface area contributed by atoms with Gasteiger partial charge in [-0.25, -0.2) is 0 Å². The number of benzene rings is 1. The SMILES string of the molecule is C=C(C)[C@@H]1CC2=C(O1)c1cccc(OC)c1C(=O)C2=O. The highest BCUT2D eigenvalue weighted by Crippen LogP contribution is 2.42. The number of carbonyl (C=O) groups is 2. The van der Waals surface area contributed by atoms with Crippen LogP contribution in [0.3, 0.4) is 0 Å². The van der Waals surface area contributed by atoms with Gasteiger partial charge in [0.1, 0.15) is 17.6 Å². The second-order valence-corrected chi connectivity index (χ2v) is 5.01. The molecule has 4 heteroatoms. The zero-order valence-corrected chi connectivity index (χ0v) is 11.4. The van der Waals surface area contributed by atoms with Crippen molar-refractivity contribution in [1.82, 2.24) is 0 Å². The van der Waals surface area contributed by atoms with E-state index >= 15 is 0 Å². The predicted molar refractivity (Wildman–Crippen MR) is 73.6 cm³/mol. The van der Waals surface area contributed by atoms with Crippen molar-refractivity contribution in [3.8, 4) is 5.75 Å². The number of fused-ring (bicyclic) bond motifs is 2. The van der Waals surface area contributed by atoms with E-state index in [0.29, 0.717) is 34.6 Å². The Morgan fingerprint density at radius 2 is 2.10 bits per heavy atom. The summed E-state index contributed by atoms with van der Waals surface area (Å²) in [6.45, 7) is 5.71. The first-order valence-electron chi connectivity index (χ1n) is 6.36. The maximum atomic E-state index is 12.3. The van der Waals surface area contributed by atoms with Gasteiger partial charge in [0.25, 0.3) is 0 Å². The highest BCUT2D eigenvalue weighted by Gasteiger charge is 2.41. The Kier molecular flexibility index (Phi) is 2.74. The lowest BCUT2D eigenvalue weighted by Gasteiger charge is -2.18. The van der Waals surface area contributed by atoms with Gasteiger partial charge in [0.2, 0.25) is 11.6 Å². The number of methoxy groups -OCH3 is 1. The fourth-order valence-electron chi connectivity index (χ4n) is 2.61. The maximum absolute atomic E-state index is 12.3. The molecule has 20 heavy (non-hydrogen) atoms. The van der Waals surface area contributed by atoms with Gasteiger partial charge < -0.3 is 9.47 Å². The van der Waals surface area contributed by atoms with Gasteiger partial charge in [0.15, 0.2) is 0 Å². The minimum absolute atomic E-state index is 0.242. The van der Waals surface area contributed by atoms with Crippen molar-refractivity contribution in [3.05, 3.63) is 47.1 Å². The second-order valence-electron chi connectivity index (χ2n) is 5.01. The number of ether oxygens (including phenoxy) is 2. The van der Waals surface area contributed by atoms with Crippen LogP contribution in [0.25, 0.3) is 5.76 Å². The number of ketones is 2. The van der Waals surface area contributed by atoms with Crippen molar-refractivity contribution in [2.45, 2.75) is 19.4 Å². The lowest BCUT2D eigenvalue weighted by molar-refractivity contribution is -0.112. The van der Waals surface area contributed by atoms with Crippen molar-refractivity contribution in [3.63, 3.8) is 0 Å². The molecule has 2 aliphatic rings. The molecule has 0 saturated heterocycles. The van der Waals surface area contributed by atoms with Gasteiger partial charge in [-0.3, -0.25) is 9.59 Å². The summed E-state index contributed by atoms with van der Waals surface area (Å²) < 4.78 is 11.0. The fraction of sp³-hybridized carbons (Fsp3) is 0.250. The van der Waals surface area contributed by atoms with Crippen molar-refractivity contribution < 1.29 is 19.1 Å². The Morgan fingerprint density at radius 1 is 1.35 bits per heavy atom. The molecule has 0 saturated carbocycles. The van der Waals surface area contributed by atoms with Crippen LogP contribution in [0.4, 0.5) is 0 Å². The number of carbonyl (C=O) groups excluding carboxylic acids is 2. The zero-order valence-electron chi connectivity index (χ0n) is 11.4. The molecule has 0 radical (unpaired) electrons. The summed E-state index contributed by atoms with van der Waals surface area (Å²) in [6.07, 6.45) is 0.167. The number of Topliss-reactive ketones (excluding diaryl/α,β-unsaturated/α-hetero) is 2. The third-order valence-corrected chi connectivity index (χ3v) is 3.67. The molecular weight excluding hydrogens is 256 g/mol. The minimum Gasteiger partial charge on any atom is -0.496 e. The lowest BCUT2D eigenvalue weighted by Crippen LogP contribution is -2.23. The van der Waals surface area contributed by atoms with Crippen molar-refractivity contribution in [1.29, 1.82) is 0 Å². The topological polar surface area (TPSA) is 52.6 Å². The van der Waals surface area contributed by atoms with Crippen LogP contribution < -0.4 is 4.74 Å². The number of rotatable bonds is 2. The number of hydrogen-bond donors (Lipinski definition) is 0. The molecule has 1 aromatic carbocycles. The van der Waals surface area contributed by atoms with Gasteiger partial charge >= 0.3 is 0 Å². The average Bonchev–Trinajstić information content (AvgIpc) is 2.89. The summed E-state index contributed by atoms with van der Waals surface area (Å²) in [4.78, 5) is 24.5. The molecule has 102 valence electrons. The third-order valence-electron chi connectivity index (χ3n) is 3.67. The molecule has 0 spiro atoms. The first-order valence-corrected chi connectivity index (χ1v) is 6.36. The Morgan fingerprint density at radius 3 is 2.75 bits per heavy atom. The van der Waals surface area contributed by atoms with Crippen molar-refractivity contribution in [2.75, 3.05) is 7.11 Å². The third kappa shape index (κ3) is 1.61. The molecule has 1 aliphatic heterocycles. The van der Waals surface area contributed by atoms with Gasteiger partial charge in [-0.05, 0) is 18.6 Å². The molecule has 0 bridgehead atoms. The van der Waals surface area contributed by atoms with Crippen LogP contribution in [0.1, 0.15) is 29.3 Å². The minimum atomic E-state index is -0.526. The van der Waals surface area contributed by atoms with E-state index in [1.54, 1.807) is 18.2 Å². The molecule has 0 aromatic heterocycles. The highest BCUT2D eigenvalue weighted by atomic mass is 16.5. The van der Waals surface area contributed by atoms with Crippen LogP contribution in [0.2, 0.25) is 0 Å². The van der Waals surface area contributed by atoms with Crippen LogP contribution in [0.15, 0.2) is 35.9 Å².